The monoisotopic (exact) mass is 227 g/mol. The first-order chi connectivity index (χ1) is 7.63. The van der Waals surface area contributed by atoms with Crippen LogP contribution in [0.2, 0.25) is 0 Å². The number of nitrogens with one attached hydrogen (secondary N) is 1. The van der Waals surface area contributed by atoms with Crippen molar-refractivity contribution in [2.24, 2.45) is 11.7 Å². The van der Waals surface area contributed by atoms with E-state index in [1.54, 1.807) is 0 Å². The molecule has 3 N–H and O–H groups in total. The van der Waals surface area contributed by atoms with Crippen LogP contribution >= 0.6 is 0 Å². The summed E-state index contributed by atoms with van der Waals surface area (Å²) in [7, 11) is 2.15. The molecule has 1 heterocycles. The Kier molecular flexibility index (Phi) is 5.77. The van der Waals surface area contributed by atoms with Crippen molar-refractivity contribution in [2.75, 3.05) is 26.8 Å². The lowest BCUT2D eigenvalue weighted by molar-refractivity contribution is 0.0504. The Morgan fingerprint density at radius 1 is 1.50 bits per heavy atom. The maximum Gasteiger partial charge on any atom is 0.0921 e. The van der Waals surface area contributed by atoms with E-state index in [9.17, 15) is 0 Å². The predicted octanol–water partition coefficient (Wildman–Crippen LogP) is 1.45. The highest BCUT2D eigenvalue weighted by molar-refractivity contribution is 5.77. The molecule has 0 aromatic heterocycles. The fourth-order valence-electron chi connectivity index (χ4n) is 2.35. The predicted molar refractivity (Wildman–Crippen MR) is 66.8 cm³/mol. The minimum Gasteiger partial charge on any atom is -0.388 e. The highest BCUT2D eigenvalue weighted by atomic mass is 16.5. The molecule has 1 saturated heterocycles. The van der Waals surface area contributed by atoms with E-state index in [4.69, 9.17) is 15.9 Å². The molecular weight excluding hydrogens is 202 g/mol. The summed E-state index contributed by atoms with van der Waals surface area (Å²) in [4.78, 5) is 2.36. The number of hydrogen-bond acceptors (Lipinski definition) is 3. The summed E-state index contributed by atoms with van der Waals surface area (Å²) in [6.07, 6.45) is 4.08. The molecule has 0 spiro atoms. The number of nitrogens with two attached hydrogens (primary N) is 1. The first-order valence-corrected chi connectivity index (χ1v) is 6.24. The van der Waals surface area contributed by atoms with E-state index < -0.39 is 0 Å². The van der Waals surface area contributed by atoms with Crippen LogP contribution in [0.15, 0.2) is 0 Å². The zero-order valence-corrected chi connectivity index (χ0v) is 10.5. The van der Waals surface area contributed by atoms with Gasteiger partial charge in [0.15, 0.2) is 0 Å². The lowest BCUT2D eigenvalue weighted by atomic mass is 9.98. The minimum atomic E-state index is 0.297. The highest BCUT2D eigenvalue weighted by Gasteiger charge is 2.20. The van der Waals surface area contributed by atoms with Gasteiger partial charge in [-0.05, 0) is 32.2 Å². The number of nitrogens with zero attached hydrogens (tertiary/aromatic N) is 1. The van der Waals surface area contributed by atoms with Gasteiger partial charge in [0.2, 0.25) is 0 Å². The van der Waals surface area contributed by atoms with Crippen molar-refractivity contribution in [1.29, 1.82) is 5.41 Å². The van der Waals surface area contributed by atoms with Crippen LogP contribution in [-0.4, -0.2) is 43.6 Å². The van der Waals surface area contributed by atoms with Crippen LogP contribution in [0.1, 0.15) is 32.6 Å². The zero-order chi connectivity index (χ0) is 12.0. The Balaban J connectivity index is 2.35. The fourth-order valence-corrected chi connectivity index (χ4v) is 2.35. The summed E-state index contributed by atoms with van der Waals surface area (Å²) >= 11 is 0. The molecule has 1 aliphatic heterocycles. The van der Waals surface area contributed by atoms with E-state index in [1.807, 2.05) is 0 Å². The van der Waals surface area contributed by atoms with Crippen molar-refractivity contribution in [2.45, 2.75) is 38.6 Å². The highest BCUT2D eigenvalue weighted by Crippen LogP contribution is 2.18. The minimum absolute atomic E-state index is 0.297. The first-order valence-electron chi connectivity index (χ1n) is 6.24. The van der Waals surface area contributed by atoms with Crippen molar-refractivity contribution in [3.05, 3.63) is 0 Å². The normalized spacial score (nSPS) is 19.9. The molecule has 0 saturated carbocycles. The number of rotatable bonds is 6. The van der Waals surface area contributed by atoms with Gasteiger partial charge in [0.05, 0.1) is 5.84 Å². The molecule has 0 amide bonds. The largest absolute Gasteiger partial charge is 0.388 e. The van der Waals surface area contributed by atoms with Crippen LogP contribution in [0.25, 0.3) is 0 Å². The molecule has 0 radical (unpaired) electrons. The van der Waals surface area contributed by atoms with E-state index in [0.717, 1.165) is 32.1 Å². The molecule has 0 aliphatic carbocycles. The zero-order valence-electron chi connectivity index (χ0n) is 10.5. The van der Waals surface area contributed by atoms with Gasteiger partial charge in [-0.15, -0.1) is 0 Å². The Labute approximate surface area is 98.6 Å². The molecule has 94 valence electrons. The van der Waals surface area contributed by atoms with Crippen molar-refractivity contribution in [3.63, 3.8) is 0 Å². The number of ether oxygens (including phenoxy) is 1. The van der Waals surface area contributed by atoms with Crippen LogP contribution in [0, 0.1) is 11.3 Å². The average molecular weight is 227 g/mol. The summed E-state index contributed by atoms with van der Waals surface area (Å²) in [5.74, 6) is 1.05. The van der Waals surface area contributed by atoms with Gasteiger partial charge in [-0.25, -0.2) is 0 Å². The molecule has 4 nitrogen and oxygen atoms in total. The molecular formula is C12H25N3O. The van der Waals surface area contributed by atoms with Crippen LogP contribution in [0.5, 0.6) is 0 Å². The molecule has 1 aliphatic rings. The summed E-state index contributed by atoms with van der Waals surface area (Å²) in [6, 6.07) is 0.417. The van der Waals surface area contributed by atoms with Crippen molar-refractivity contribution in [3.8, 4) is 0 Å². The van der Waals surface area contributed by atoms with Crippen LogP contribution in [0.3, 0.4) is 0 Å². The van der Waals surface area contributed by atoms with Gasteiger partial charge in [-0.2, -0.15) is 0 Å². The number of hydrogen-bond donors (Lipinski definition) is 2. The molecule has 1 atom stereocenters. The van der Waals surface area contributed by atoms with Crippen molar-refractivity contribution >= 4 is 5.84 Å². The Bertz CT molecular complexity index is 214. The smallest absolute Gasteiger partial charge is 0.0921 e. The average Bonchev–Trinajstić information content (AvgIpc) is 2.26. The van der Waals surface area contributed by atoms with Gasteiger partial charge in [0.1, 0.15) is 0 Å². The molecule has 1 unspecified atom stereocenters. The quantitative estimate of drug-likeness (QED) is 0.533. The lowest BCUT2D eigenvalue weighted by Crippen LogP contribution is -2.39. The van der Waals surface area contributed by atoms with Gasteiger partial charge in [-0.1, -0.05) is 6.92 Å². The van der Waals surface area contributed by atoms with Crippen LogP contribution < -0.4 is 5.73 Å². The van der Waals surface area contributed by atoms with Gasteiger partial charge in [0.25, 0.3) is 0 Å². The van der Waals surface area contributed by atoms with Crippen LogP contribution in [0.4, 0.5) is 0 Å². The van der Waals surface area contributed by atoms with Gasteiger partial charge in [-0.3, -0.25) is 5.41 Å². The van der Waals surface area contributed by atoms with Gasteiger partial charge in [0, 0.05) is 32.2 Å². The molecule has 1 rings (SSSR count). The molecule has 1 fully saturated rings. The lowest BCUT2D eigenvalue weighted by Gasteiger charge is -2.32. The summed E-state index contributed by atoms with van der Waals surface area (Å²) < 4.78 is 5.36. The standard InChI is InChI=1S/C12H25N3O/c1-3-11(8-12(13)14)15(2)9-10-4-6-16-7-5-10/h10-11H,3-9H2,1-2H3,(H3,13,14). The van der Waals surface area contributed by atoms with Gasteiger partial charge >= 0.3 is 0 Å². The SMILES string of the molecule is CCC(CC(=N)N)N(C)CC1CCOCC1. The second-order valence-corrected chi connectivity index (χ2v) is 4.79. The third-order valence-corrected chi connectivity index (χ3v) is 3.44. The topological polar surface area (TPSA) is 62.3 Å². The molecule has 4 heteroatoms. The summed E-state index contributed by atoms with van der Waals surface area (Å²) in [5, 5.41) is 7.37. The van der Waals surface area contributed by atoms with Gasteiger partial charge < -0.3 is 15.4 Å². The fraction of sp³-hybridized carbons (Fsp3) is 0.917. The molecule has 0 aromatic rings. The van der Waals surface area contributed by atoms with E-state index in [-0.39, 0.29) is 0 Å². The molecule has 0 bridgehead atoms. The van der Waals surface area contributed by atoms with Crippen molar-refractivity contribution in [1.82, 2.24) is 4.90 Å². The van der Waals surface area contributed by atoms with E-state index in [0.29, 0.717) is 18.3 Å². The summed E-state index contributed by atoms with van der Waals surface area (Å²) in [5.41, 5.74) is 5.48. The first kappa shape index (κ1) is 13.5. The Hall–Kier alpha value is -0.610. The van der Waals surface area contributed by atoms with Crippen molar-refractivity contribution < 1.29 is 4.74 Å². The van der Waals surface area contributed by atoms with E-state index in [2.05, 4.69) is 18.9 Å². The second-order valence-electron chi connectivity index (χ2n) is 4.79. The van der Waals surface area contributed by atoms with E-state index >= 15 is 0 Å². The Morgan fingerprint density at radius 2 is 2.12 bits per heavy atom. The second kappa shape index (κ2) is 6.86. The third kappa shape index (κ3) is 4.49. The Morgan fingerprint density at radius 3 is 2.62 bits per heavy atom. The summed E-state index contributed by atoms with van der Waals surface area (Å²) in [6.45, 7) is 5.08. The maximum absolute atomic E-state index is 7.37. The third-order valence-electron chi connectivity index (χ3n) is 3.44. The van der Waals surface area contributed by atoms with Crippen LogP contribution in [-0.2, 0) is 4.74 Å². The maximum atomic E-state index is 7.37. The van der Waals surface area contributed by atoms with E-state index in [1.165, 1.54) is 12.8 Å². The number of amidine groups is 1. The molecule has 16 heavy (non-hydrogen) atoms. The molecule has 0 aromatic carbocycles.